The number of amides is 2. The second-order valence-electron chi connectivity index (χ2n) is 7.42. The van der Waals surface area contributed by atoms with Crippen molar-refractivity contribution in [3.63, 3.8) is 0 Å². The summed E-state index contributed by atoms with van der Waals surface area (Å²) in [5.41, 5.74) is 1.56. The lowest BCUT2D eigenvalue weighted by molar-refractivity contribution is -0.123. The van der Waals surface area contributed by atoms with Gasteiger partial charge in [-0.15, -0.1) is 0 Å². The molecule has 0 bridgehead atoms. The highest BCUT2D eigenvalue weighted by Crippen LogP contribution is 2.38. The molecule has 0 spiro atoms. The number of methoxy groups -OCH3 is 1. The quantitative estimate of drug-likeness (QED) is 0.287. The number of imide groups is 1. The van der Waals surface area contributed by atoms with Crippen molar-refractivity contribution in [3.8, 4) is 17.2 Å². The number of rotatable bonds is 9. The number of thioether (sulfide) groups is 1. The Morgan fingerprint density at radius 2 is 1.57 bits per heavy atom. The van der Waals surface area contributed by atoms with Gasteiger partial charge in [-0.05, 0) is 53.2 Å². The first-order valence-electron chi connectivity index (χ1n) is 10.6. The van der Waals surface area contributed by atoms with Crippen molar-refractivity contribution in [1.29, 1.82) is 0 Å². The van der Waals surface area contributed by atoms with Crippen LogP contribution >= 0.6 is 35.0 Å². The minimum atomic E-state index is -0.403. The van der Waals surface area contributed by atoms with Gasteiger partial charge in [0.05, 0.1) is 28.6 Å². The molecular formula is C26H21Cl2NO5S. The summed E-state index contributed by atoms with van der Waals surface area (Å²) < 4.78 is 16.7. The van der Waals surface area contributed by atoms with Crippen LogP contribution in [-0.2, 0) is 11.4 Å². The highest BCUT2D eigenvalue weighted by Gasteiger charge is 2.35. The fourth-order valence-electron chi connectivity index (χ4n) is 3.36. The molecule has 3 aromatic carbocycles. The van der Waals surface area contributed by atoms with Crippen molar-refractivity contribution < 1.29 is 23.8 Å². The van der Waals surface area contributed by atoms with E-state index >= 15 is 0 Å². The average Bonchev–Trinajstić information content (AvgIpc) is 3.11. The van der Waals surface area contributed by atoms with Crippen molar-refractivity contribution in [2.24, 2.45) is 0 Å². The number of nitrogens with zero attached hydrogens (tertiary/aromatic N) is 1. The van der Waals surface area contributed by atoms with E-state index in [1.54, 1.807) is 37.5 Å². The SMILES string of the molecule is COc1ccccc1OCCN1C(=O)S/C(=C\c2cc(Cl)c(OCc3ccccc3)c(Cl)c2)C1=O. The van der Waals surface area contributed by atoms with E-state index in [0.717, 1.165) is 22.2 Å². The first-order valence-corrected chi connectivity index (χ1v) is 12.2. The van der Waals surface area contributed by atoms with Gasteiger partial charge in [0, 0.05) is 0 Å². The summed E-state index contributed by atoms with van der Waals surface area (Å²) in [6, 6.07) is 20.1. The van der Waals surface area contributed by atoms with Gasteiger partial charge < -0.3 is 14.2 Å². The first-order chi connectivity index (χ1) is 17.0. The molecule has 0 aromatic heterocycles. The third-order valence-electron chi connectivity index (χ3n) is 5.06. The topological polar surface area (TPSA) is 65.1 Å². The molecule has 1 aliphatic rings. The fourth-order valence-corrected chi connectivity index (χ4v) is 4.84. The highest BCUT2D eigenvalue weighted by molar-refractivity contribution is 8.18. The summed E-state index contributed by atoms with van der Waals surface area (Å²) >= 11 is 13.6. The van der Waals surface area contributed by atoms with Gasteiger partial charge in [-0.3, -0.25) is 14.5 Å². The lowest BCUT2D eigenvalue weighted by Crippen LogP contribution is -2.32. The molecule has 0 N–H and O–H groups in total. The molecule has 0 saturated carbocycles. The second-order valence-corrected chi connectivity index (χ2v) is 9.23. The van der Waals surface area contributed by atoms with E-state index in [-0.39, 0.29) is 23.3 Å². The maximum Gasteiger partial charge on any atom is 0.293 e. The summed E-state index contributed by atoms with van der Waals surface area (Å²) in [6.07, 6.45) is 1.59. The Labute approximate surface area is 217 Å². The molecule has 35 heavy (non-hydrogen) atoms. The molecule has 0 atom stereocenters. The maximum absolute atomic E-state index is 12.8. The van der Waals surface area contributed by atoms with Crippen molar-refractivity contribution >= 4 is 52.2 Å². The van der Waals surface area contributed by atoms with Crippen LogP contribution in [0.5, 0.6) is 17.2 Å². The Balaban J connectivity index is 1.41. The van der Waals surface area contributed by atoms with Gasteiger partial charge in [-0.2, -0.15) is 0 Å². The number of hydrogen-bond acceptors (Lipinski definition) is 6. The molecule has 4 rings (SSSR count). The smallest absolute Gasteiger partial charge is 0.293 e. The van der Waals surface area contributed by atoms with Crippen molar-refractivity contribution in [1.82, 2.24) is 4.90 Å². The molecule has 0 unspecified atom stereocenters. The molecular weight excluding hydrogens is 509 g/mol. The normalized spacial score (nSPS) is 14.5. The van der Waals surface area contributed by atoms with Crippen LogP contribution < -0.4 is 14.2 Å². The Morgan fingerprint density at radius 3 is 2.26 bits per heavy atom. The third-order valence-corrected chi connectivity index (χ3v) is 6.53. The van der Waals surface area contributed by atoms with E-state index in [2.05, 4.69) is 0 Å². The van der Waals surface area contributed by atoms with Gasteiger partial charge in [0.2, 0.25) is 0 Å². The largest absolute Gasteiger partial charge is 0.493 e. The molecule has 9 heteroatoms. The zero-order valence-electron chi connectivity index (χ0n) is 18.7. The predicted molar refractivity (Wildman–Crippen MR) is 138 cm³/mol. The standard InChI is InChI=1S/C26H21Cl2NO5S/c1-32-21-9-5-6-10-22(21)33-12-11-29-25(30)23(35-26(29)31)15-18-13-19(27)24(20(28)14-18)34-16-17-7-3-2-4-8-17/h2-10,13-15H,11-12,16H2,1H3/b23-15-. The molecule has 1 saturated heterocycles. The summed E-state index contributed by atoms with van der Waals surface area (Å²) in [7, 11) is 1.55. The second kappa shape index (κ2) is 11.5. The Morgan fingerprint density at radius 1 is 0.914 bits per heavy atom. The van der Waals surface area contributed by atoms with Crippen LogP contribution in [0.4, 0.5) is 4.79 Å². The third kappa shape index (κ3) is 6.11. The van der Waals surface area contributed by atoms with Crippen LogP contribution in [-0.4, -0.2) is 36.3 Å². The van der Waals surface area contributed by atoms with Crippen LogP contribution in [0.1, 0.15) is 11.1 Å². The number of ether oxygens (including phenoxy) is 3. The zero-order chi connectivity index (χ0) is 24.8. The van der Waals surface area contributed by atoms with E-state index < -0.39 is 5.91 Å². The minimum absolute atomic E-state index is 0.105. The molecule has 1 fully saturated rings. The van der Waals surface area contributed by atoms with Crippen molar-refractivity contribution in [2.75, 3.05) is 20.3 Å². The monoisotopic (exact) mass is 529 g/mol. The highest BCUT2D eigenvalue weighted by atomic mass is 35.5. The van der Waals surface area contributed by atoms with E-state index in [9.17, 15) is 9.59 Å². The summed E-state index contributed by atoms with van der Waals surface area (Å²) in [4.78, 5) is 26.7. The van der Waals surface area contributed by atoms with Crippen LogP contribution in [0, 0.1) is 0 Å². The van der Waals surface area contributed by atoms with E-state index in [4.69, 9.17) is 37.4 Å². The number of benzene rings is 3. The number of carbonyl (C=O) groups excluding carboxylic acids is 2. The molecule has 0 aliphatic carbocycles. The lowest BCUT2D eigenvalue weighted by atomic mass is 10.2. The Kier molecular flexibility index (Phi) is 8.23. The predicted octanol–water partition coefficient (Wildman–Crippen LogP) is 6.70. The van der Waals surface area contributed by atoms with Gasteiger partial charge in [0.1, 0.15) is 13.2 Å². The van der Waals surface area contributed by atoms with E-state index in [0.29, 0.717) is 39.5 Å². The van der Waals surface area contributed by atoms with E-state index in [1.165, 1.54) is 0 Å². The minimum Gasteiger partial charge on any atom is -0.493 e. The van der Waals surface area contributed by atoms with Crippen LogP contribution in [0.15, 0.2) is 71.6 Å². The number of hydrogen-bond donors (Lipinski definition) is 0. The molecule has 180 valence electrons. The zero-order valence-corrected chi connectivity index (χ0v) is 21.0. The number of carbonyl (C=O) groups is 2. The van der Waals surface area contributed by atoms with E-state index in [1.807, 2.05) is 42.5 Å². The average molecular weight is 530 g/mol. The van der Waals surface area contributed by atoms with Crippen molar-refractivity contribution in [3.05, 3.63) is 92.8 Å². The number of para-hydroxylation sites is 2. The van der Waals surface area contributed by atoms with Gasteiger partial charge in [-0.1, -0.05) is 65.7 Å². The lowest BCUT2D eigenvalue weighted by Gasteiger charge is -2.14. The molecule has 1 aliphatic heterocycles. The number of halogens is 2. The molecule has 3 aromatic rings. The molecule has 6 nitrogen and oxygen atoms in total. The molecule has 2 amide bonds. The summed E-state index contributed by atoms with van der Waals surface area (Å²) in [6.45, 7) is 0.556. The van der Waals surface area contributed by atoms with Crippen molar-refractivity contribution in [2.45, 2.75) is 6.61 Å². The fraction of sp³-hybridized carbons (Fsp3) is 0.154. The van der Waals surface area contributed by atoms with Gasteiger partial charge >= 0.3 is 0 Å². The van der Waals surface area contributed by atoms with Crippen LogP contribution in [0.3, 0.4) is 0 Å². The van der Waals surface area contributed by atoms with Gasteiger partial charge in [0.25, 0.3) is 11.1 Å². The molecule has 0 radical (unpaired) electrons. The Hall–Kier alpha value is -3.13. The van der Waals surface area contributed by atoms with Gasteiger partial charge in [-0.25, -0.2) is 0 Å². The van der Waals surface area contributed by atoms with Gasteiger partial charge in [0.15, 0.2) is 17.2 Å². The summed E-state index contributed by atoms with van der Waals surface area (Å²) in [5, 5.41) is 0.248. The van der Waals surface area contributed by atoms with Crippen LogP contribution in [0.25, 0.3) is 6.08 Å². The first kappa shape index (κ1) is 25.0. The van der Waals surface area contributed by atoms with Crippen LogP contribution in [0.2, 0.25) is 10.0 Å². The summed E-state index contributed by atoms with van der Waals surface area (Å²) in [5.74, 6) is 1.07. The Bertz CT molecular complexity index is 1240. The maximum atomic E-state index is 12.8. The molecule has 1 heterocycles.